The van der Waals surface area contributed by atoms with Crippen LogP contribution in [0.1, 0.15) is 18.9 Å². The molecule has 29 heavy (non-hydrogen) atoms. The third-order valence-corrected chi connectivity index (χ3v) is 5.43. The summed E-state index contributed by atoms with van der Waals surface area (Å²) in [6.07, 6.45) is -4.85. The molecule has 0 aromatic heterocycles. The van der Waals surface area contributed by atoms with Crippen molar-refractivity contribution in [3.8, 4) is 0 Å². The first kappa shape index (κ1) is 19.3. The van der Waals surface area contributed by atoms with Gasteiger partial charge in [-0.25, -0.2) is 0 Å². The molecule has 2 aliphatic heterocycles. The van der Waals surface area contributed by atoms with E-state index in [2.05, 4.69) is 5.32 Å². The van der Waals surface area contributed by atoms with Gasteiger partial charge in [0.15, 0.2) is 0 Å². The summed E-state index contributed by atoms with van der Waals surface area (Å²) >= 11 is 0. The lowest BCUT2D eigenvalue weighted by atomic mass is 10.1. The molecule has 2 atom stereocenters. The molecule has 0 saturated carbocycles. The molecule has 0 unspecified atom stereocenters. The Morgan fingerprint density at radius 1 is 1.07 bits per heavy atom. The number of anilines is 3. The van der Waals surface area contributed by atoms with E-state index in [-0.39, 0.29) is 24.0 Å². The summed E-state index contributed by atoms with van der Waals surface area (Å²) in [5, 5.41) is 2.48. The lowest BCUT2D eigenvalue weighted by molar-refractivity contribution is -0.157. The summed E-state index contributed by atoms with van der Waals surface area (Å²) in [6.45, 7) is 1.74. The highest BCUT2D eigenvalue weighted by Gasteiger charge is 2.49. The minimum Gasteiger partial charge on any atom is -0.359 e. The second-order valence-electron chi connectivity index (χ2n) is 7.40. The predicted octanol–water partition coefficient (Wildman–Crippen LogP) is 3.74. The highest BCUT2D eigenvalue weighted by Crippen LogP contribution is 2.38. The van der Waals surface area contributed by atoms with Crippen LogP contribution in [0.2, 0.25) is 0 Å². The van der Waals surface area contributed by atoms with Crippen molar-refractivity contribution in [3.63, 3.8) is 0 Å². The number of carbonyl (C=O) groups is 2. The van der Waals surface area contributed by atoms with E-state index in [1.807, 2.05) is 36.1 Å². The van der Waals surface area contributed by atoms with Gasteiger partial charge in [0.2, 0.25) is 11.8 Å². The zero-order valence-corrected chi connectivity index (χ0v) is 15.7. The quantitative estimate of drug-likeness (QED) is 0.831. The Balaban J connectivity index is 1.72. The SMILES string of the molecule is C[C@H]1Cc2ccccc2N1CC(=O)N1c2ccccc2NC(=O)C[C@@H]1C(F)(F)F. The van der Waals surface area contributed by atoms with Gasteiger partial charge in [-0.1, -0.05) is 30.3 Å². The normalized spacial score (nSPS) is 21.3. The molecule has 4 rings (SSSR count). The van der Waals surface area contributed by atoms with E-state index in [1.165, 1.54) is 12.1 Å². The Morgan fingerprint density at radius 2 is 1.72 bits per heavy atom. The number of nitrogens with one attached hydrogen (secondary N) is 1. The Hall–Kier alpha value is -3.03. The molecule has 1 N–H and O–H groups in total. The van der Waals surface area contributed by atoms with Gasteiger partial charge in [0.1, 0.15) is 6.04 Å². The molecule has 152 valence electrons. The van der Waals surface area contributed by atoms with Gasteiger partial charge in [-0.15, -0.1) is 0 Å². The molecule has 0 fully saturated rings. The minimum atomic E-state index is -4.74. The molecule has 2 aromatic carbocycles. The molecule has 0 radical (unpaired) electrons. The van der Waals surface area contributed by atoms with Gasteiger partial charge in [0.25, 0.3) is 0 Å². The average Bonchev–Trinajstić information content (AvgIpc) is 2.87. The van der Waals surface area contributed by atoms with Crippen molar-refractivity contribution in [3.05, 3.63) is 54.1 Å². The van der Waals surface area contributed by atoms with E-state index in [4.69, 9.17) is 0 Å². The van der Waals surface area contributed by atoms with Gasteiger partial charge in [-0.2, -0.15) is 13.2 Å². The average molecular weight is 403 g/mol. The highest BCUT2D eigenvalue weighted by atomic mass is 19.4. The number of nitrogens with zero attached hydrogens (tertiary/aromatic N) is 2. The Labute approximate surface area is 166 Å². The number of hydrogen-bond acceptors (Lipinski definition) is 3. The summed E-state index contributed by atoms with van der Waals surface area (Å²) in [5.74, 6) is -1.46. The van der Waals surface area contributed by atoms with Crippen molar-refractivity contribution in [1.29, 1.82) is 0 Å². The first-order chi connectivity index (χ1) is 13.8. The van der Waals surface area contributed by atoms with E-state index >= 15 is 0 Å². The third-order valence-electron chi connectivity index (χ3n) is 5.43. The van der Waals surface area contributed by atoms with Crippen LogP contribution in [0.4, 0.5) is 30.2 Å². The van der Waals surface area contributed by atoms with Crippen molar-refractivity contribution in [2.45, 2.75) is 38.0 Å². The van der Waals surface area contributed by atoms with Crippen LogP contribution in [0, 0.1) is 0 Å². The van der Waals surface area contributed by atoms with Crippen molar-refractivity contribution in [2.75, 3.05) is 21.7 Å². The second kappa shape index (κ2) is 7.09. The molecule has 2 aromatic rings. The lowest BCUT2D eigenvalue weighted by Crippen LogP contribution is -2.53. The Kier molecular flexibility index (Phi) is 4.72. The number of benzene rings is 2. The number of rotatable bonds is 2. The molecule has 0 saturated heterocycles. The fourth-order valence-electron chi connectivity index (χ4n) is 4.09. The fourth-order valence-corrected chi connectivity index (χ4v) is 4.09. The molecule has 5 nitrogen and oxygen atoms in total. The van der Waals surface area contributed by atoms with Crippen LogP contribution >= 0.6 is 0 Å². The molecule has 2 heterocycles. The van der Waals surface area contributed by atoms with E-state index in [1.54, 1.807) is 12.1 Å². The van der Waals surface area contributed by atoms with Crippen LogP contribution in [0.25, 0.3) is 0 Å². The Bertz CT molecular complexity index is 960. The van der Waals surface area contributed by atoms with Gasteiger partial charge < -0.3 is 10.2 Å². The summed E-state index contributed by atoms with van der Waals surface area (Å²) in [7, 11) is 0. The van der Waals surface area contributed by atoms with Gasteiger partial charge in [0.05, 0.1) is 24.3 Å². The maximum Gasteiger partial charge on any atom is 0.409 e. The van der Waals surface area contributed by atoms with Crippen molar-refractivity contribution >= 4 is 28.9 Å². The lowest BCUT2D eigenvalue weighted by Gasteiger charge is -2.34. The van der Waals surface area contributed by atoms with Gasteiger partial charge in [-0.3, -0.25) is 14.5 Å². The molecule has 2 amide bonds. The van der Waals surface area contributed by atoms with Gasteiger partial charge >= 0.3 is 6.18 Å². The van der Waals surface area contributed by atoms with Gasteiger partial charge in [0, 0.05) is 11.7 Å². The van der Waals surface area contributed by atoms with Crippen LogP contribution in [0.15, 0.2) is 48.5 Å². The zero-order chi connectivity index (χ0) is 20.8. The van der Waals surface area contributed by atoms with Crippen molar-refractivity contribution in [1.82, 2.24) is 0 Å². The predicted molar refractivity (Wildman–Crippen MR) is 104 cm³/mol. The summed E-state index contributed by atoms with van der Waals surface area (Å²) in [5.41, 5.74) is 2.18. The fraction of sp³-hybridized carbons (Fsp3) is 0.333. The number of halogens is 3. The Morgan fingerprint density at radius 3 is 2.45 bits per heavy atom. The second-order valence-corrected chi connectivity index (χ2v) is 7.40. The maximum atomic E-state index is 13.8. The third kappa shape index (κ3) is 3.54. The number of alkyl halides is 3. The van der Waals surface area contributed by atoms with Crippen LogP contribution in [-0.2, 0) is 16.0 Å². The highest BCUT2D eigenvalue weighted by molar-refractivity contribution is 6.06. The molecular formula is C21H20F3N3O2. The standard InChI is InChI=1S/C21H20F3N3O2/c1-13-10-14-6-2-4-8-16(14)26(13)12-20(29)27-17-9-5-3-7-15(17)25-19(28)11-18(27)21(22,23)24/h2-9,13,18H,10-12H2,1H3,(H,25,28)/t13-,18+/m0/s1. The zero-order valence-electron chi connectivity index (χ0n) is 15.7. The first-order valence-corrected chi connectivity index (χ1v) is 9.38. The van der Waals surface area contributed by atoms with E-state index in [0.29, 0.717) is 0 Å². The smallest absolute Gasteiger partial charge is 0.359 e. The molecule has 2 aliphatic rings. The largest absolute Gasteiger partial charge is 0.409 e. The molecule has 0 bridgehead atoms. The van der Waals surface area contributed by atoms with E-state index < -0.39 is 30.5 Å². The minimum absolute atomic E-state index is 0.0114. The first-order valence-electron chi connectivity index (χ1n) is 9.38. The van der Waals surface area contributed by atoms with Crippen LogP contribution in [0.3, 0.4) is 0 Å². The van der Waals surface area contributed by atoms with Gasteiger partial charge in [-0.05, 0) is 37.1 Å². The molecule has 0 aliphatic carbocycles. The maximum absolute atomic E-state index is 13.8. The molecular weight excluding hydrogens is 383 g/mol. The number of fused-ring (bicyclic) bond motifs is 2. The number of para-hydroxylation sites is 3. The number of hydrogen-bond donors (Lipinski definition) is 1. The monoisotopic (exact) mass is 403 g/mol. The summed E-state index contributed by atoms with van der Waals surface area (Å²) in [4.78, 5) is 27.9. The molecule has 8 heteroatoms. The van der Waals surface area contributed by atoms with Crippen molar-refractivity contribution in [2.24, 2.45) is 0 Å². The van der Waals surface area contributed by atoms with Crippen LogP contribution in [-0.4, -0.2) is 36.6 Å². The number of amides is 2. The molecule has 0 spiro atoms. The number of carbonyl (C=O) groups excluding carboxylic acids is 2. The summed E-state index contributed by atoms with van der Waals surface area (Å²) in [6, 6.07) is 11.4. The summed E-state index contributed by atoms with van der Waals surface area (Å²) < 4.78 is 41.5. The van der Waals surface area contributed by atoms with E-state index in [0.717, 1.165) is 22.6 Å². The van der Waals surface area contributed by atoms with E-state index in [9.17, 15) is 22.8 Å². The van der Waals surface area contributed by atoms with Crippen LogP contribution in [0.5, 0.6) is 0 Å². The van der Waals surface area contributed by atoms with Crippen LogP contribution < -0.4 is 15.1 Å². The topological polar surface area (TPSA) is 52.7 Å². The van der Waals surface area contributed by atoms with Crippen molar-refractivity contribution < 1.29 is 22.8 Å².